The summed E-state index contributed by atoms with van der Waals surface area (Å²) in [5.41, 5.74) is 0. The second-order valence-electron chi connectivity index (χ2n) is 3.15. The quantitative estimate of drug-likeness (QED) is 0.757. The average molecular weight is 199 g/mol. The number of aliphatic hydroxyl groups excluding tert-OH is 1. The topological polar surface area (TPSA) is 45.4 Å². The van der Waals surface area contributed by atoms with Gasteiger partial charge in [-0.25, -0.2) is 0 Å². The molecule has 0 spiro atoms. The largest absolute Gasteiger partial charge is 0.468 e. The smallest absolute Gasteiger partial charge is 0.113 e. The lowest BCUT2D eigenvalue weighted by atomic mass is 10.3. The monoisotopic (exact) mass is 199 g/mol. The van der Waals surface area contributed by atoms with Gasteiger partial charge in [-0.15, -0.1) is 11.8 Å². The fourth-order valence-corrected chi connectivity index (χ4v) is 2.49. The van der Waals surface area contributed by atoms with Gasteiger partial charge in [-0.05, 0) is 12.1 Å². The Hall–Kier alpha value is -0.450. The molecule has 1 saturated heterocycles. The molecule has 2 N–H and O–H groups in total. The van der Waals surface area contributed by atoms with E-state index in [4.69, 9.17) is 4.42 Å². The van der Waals surface area contributed by atoms with Crippen molar-refractivity contribution in [2.24, 2.45) is 0 Å². The number of thioether (sulfide) groups is 1. The molecule has 1 aromatic heterocycles. The van der Waals surface area contributed by atoms with Gasteiger partial charge in [-0.3, -0.25) is 0 Å². The molecule has 3 nitrogen and oxygen atoms in total. The summed E-state index contributed by atoms with van der Waals surface area (Å²) in [6, 6.07) is 3.85. The van der Waals surface area contributed by atoms with E-state index in [0.29, 0.717) is 5.25 Å². The summed E-state index contributed by atoms with van der Waals surface area (Å²) >= 11 is 1.74. The van der Waals surface area contributed by atoms with Crippen LogP contribution in [0.4, 0.5) is 0 Å². The molecule has 1 aromatic rings. The van der Waals surface area contributed by atoms with Gasteiger partial charge in [0.2, 0.25) is 0 Å². The van der Waals surface area contributed by atoms with Gasteiger partial charge < -0.3 is 14.8 Å². The Labute approximate surface area is 81.5 Å². The van der Waals surface area contributed by atoms with Crippen molar-refractivity contribution in [2.75, 3.05) is 13.1 Å². The number of furan rings is 1. The van der Waals surface area contributed by atoms with Crippen molar-refractivity contribution in [1.29, 1.82) is 0 Å². The second-order valence-corrected chi connectivity index (χ2v) is 4.38. The van der Waals surface area contributed by atoms with Gasteiger partial charge in [0.25, 0.3) is 0 Å². The Kier molecular flexibility index (Phi) is 2.93. The Morgan fingerprint density at radius 2 is 2.54 bits per heavy atom. The van der Waals surface area contributed by atoms with Gasteiger partial charge in [-0.1, -0.05) is 0 Å². The molecule has 2 atom stereocenters. The first kappa shape index (κ1) is 9.12. The first-order valence-electron chi connectivity index (χ1n) is 4.39. The summed E-state index contributed by atoms with van der Waals surface area (Å²) in [7, 11) is 0. The van der Waals surface area contributed by atoms with Crippen molar-refractivity contribution in [3.63, 3.8) is 0 Å². The summed E-state index contributed by atoms with van der Waals surface area (Å²) in [6.07, 6.45) is 1.47. The van der Waals surface area contributed by atoms with Crippen LogP contribution in [0, 0.1) is 0 Å². The van der Waals surface area contributed by atoms with Crippen molar-refractivity contribution in [1.82, 2.24) is 5.32 Å². The maximum atomic E-state index is 9.50. The van der Waals surface area contributed by atoms with Gasteiger partial charge in [0, 0.05) is 18.3 Å². The molecule has 0 aromatic carbocycles. The molecule has 0 saturated carbocycles. The SMILES string of the molecule is OC1CNCC1SCc1ccco1. The summed E-state index contributed by atoms with van der Waals surface area (Å²) in [6.45, 7) is 1.61. The van der Waals surface area contributed by atoms with Crippen molar-refractivity contribution < 1.29 is 9.52 Å². The Morgan fingerprint density at radius 1 is 1.62 bits per heavy atom. The van der Waals surface area contributed by atoms with Crippen LogP contribution < -0.4 is 5.32 Å². The summed E-state index contributed by atoms with van der Waals surface area (Å²) < 4.78 is 5.21. The zero-order valence-corrected chi connectivity index (χ0v) is 8.09. The van der Waals surface area contributed by atoms with E-state index in [1.165, 1.54) is 0 Å². The van der Waals surface area contributed by atoms with Gasteiger partial charge in [0.05, 0.1) is 18.1 Å². The predicted octanol–water partition coefficient (Wildman–Crippen LogP) is 0.846. The zero-order valence-electron chi connectivity index (χ0n) is 7.27. The van der Waals surface area contributed by atoms with Crippen LogP contribution in [-0.2, 0) is 5.75 Å². The van der Waals surface area contributed by atoms with E-state index < -0.39 is 0 Å². The lowest BCUT2D eigenvalue weighted by molar-refractivity contribution is 0.201. The predicted molar refractivity (Wildman–Crippen MR) is 52.7 cm³/mol. The number of rotatable bonds is 3. The van der Waals surface area contributed by atoms with Crippen LogP contribution >= 0.6 is 11.8 Å². The third-order valence-electron chi connectivity index (χ3n) is 2.15. The molecule has 13 heavy (non-hydrogen) atoms. The van der Waals surface area contributed by atoms with Crippen LogP contribution in [0.5, 0.6) is 0 Å². The third-order valence-corrected chi connectivity index (χ3v) is 3.51. The second kappa shape index (κ2) is 4.17. The molecule has 72 valence electrons. The fourth-order valence-electron chi connectivity index (χ4n) is 1.39. The highest BCUT2D eigenvalue weighted by molar-refractivity contribution is 7.99. The molecule has 0 bridgehead atoms. The van der Waals surface area contributed by atoms with Gasteiger partial charge >= 0.3 is 0 Å². The van der Waals surface area contributed by atoms with E-state index in [1.807, 2.05) is 12.1 Å². The Bertz CT molecular complexity index is 250. The molecule has 0 amide bonds. The van der Waals surface area contributed by atoms with Crippen molar-refractivity contribution in [3.05, 3.63) is 24.2 Å². The average Bonchev–Trinajstić information content (AvgIpc) is 2.72. The number of hydrogen-bond acceptors (Lipinski definition) is 4. The summed E-state index contributed by atoms with van der Waals surface area (Å²) in [5, 5.41) is 13.0. The van der Waals surface area contributed by atoms with E-state index in [0.717, 1.165) is 24.6 Å². The molecule has 1 aliphatic rings. The normalized spacial score (nSPS) is 28.1. The first-order chi connectivity index (χ1) is 6.36. The summed E-state index contributed by atoms with van der Waals surface area (Å²) in [4.78, 5) is 0. The van der Waals surface area contributed by atoms with Crippen LogP contribution in [0.25, 0.3) is 0 Å². The Balaban J connectivity index is 1.79. The molecule has 4 heteroatoms. The number of nitrogens with one attached hydrogen (secondary N) is 1. The molecule has 1 aliphatic heterocycles. The minimum Gasteiger partial charge on any atom is -0.468 e. The van der Waals surface area contributed by atoms with Crippen LogP contribution in [0.2, 0.25) is 0 Å². The van der Waals surface area contributed by atoms with E-state index >= 15 is 0 Å². The van der Waals surface area contributed by atoms with Crippen molar-refractivity contribution >= 4 is 11.8 Å². The van der Waals surface area contributed by atoms with Crippen LogP contribution in [0.3, 0.4) is 0 Å². The van der Waals surface area contributed by atoms with Crippen LogP contribution in [0.1, 0.15) is 5.76 Å². The number of β-amino-alcohol motifs (C(OH)–C–C–N with tert-alkyl or cyclic N) is 1. The zero-order chi connectivity index (χ0) is 9.10. The van der Waals surface area contributed by atoms with E-state index in [9.17, 15) is 5.11 Å². The van der Waals surface area contributed by atoms with Gasteiger partial charge in [0.1, 0.15) is 5.76 Å². The molecule has 2 unspecified atom stereocenters. The molecular weight excluding hydrogens is 186 g/mol. The molecule has 2 rings (SSSR count). The highest BCUT2D eigenvalue weighted by Crippen LogP contribution is 2.22. The number of hydrogen-bond donors (Lipinski definition) is 2. The Morgan fingerprint density at radius 3 is 3.15 bits per heavy atom. The first-order valence-corrected chi connectivity index (χ1v) is 5.44. The summed E-state index contributed by atoms with van der Waals surface area (Å²) in [5.74, 6) is 1.82. The lowest BCUT2D eigenvalue weighted by Gasteiger charge is -2.11. The van der Waals surface area contributed by atoms with Gasteiger partial charge in [-0.2, -0.15) is 0 Å². The van der Waals surface area contributed by atoms with E-state index in [-0.39, 0.29) is 6.10 Å². The van der Waals surface area contributed by atoms with Gasteiger partial charge in [0.15, 0.2) is 0 Å². The van der Waals surface area contributed by atoms with Crippen LogP contribution in [-0.4, -0.2) is 29.5 Å². The fraction of sp³-hybridized carbons (Fsp3) is 0.556. The maximum absolute atomic E-state index is 9.50. The minimum absolute atomic E-state index is 0.208. The third kappa shape index (κ3) is 2.27. The van der Waals surface area contributed by atoms with Crippen molar-refractivity contribution in [2.45, 2.75) is 17.1 Å². The highest BCUT2D eigenvalue weighted by Gasteiger charge is 2.25. The van der Waals surface area contributed by atoms with E-state index in [2.05, 4.69) is 5.32 Å². The highest BCUT2D eigenvalue weighted by atomic mass is 32.2. The minimum atomic E-state index is -0.208. The molecule has 0 radical (unpaired) electrons. The molecular formula is C9H13NO2S. The maximum Gasteiger partial charge on any atom is 0.113 e. The van der Waals surface area contributed by atoms with Crippen LogP contribution in [0.15, 0.2) is 22.8 Å². The van der Waals surface area contributed by atoms with Crippen molar-refractivity contribution in [3.8, 4) is 0 Å². The lowest BCUT2D eigenvalue weighted by Crippen LogP contribution is -2.20. The molecule has 1 fully saturated rings. The molecule has 0 aliphatic carbocycles. The standard InChI is InChI=1S/C9H13NO2S/c11-8-4-10-5-9(8)13-6-7-2-1-3-12-7/h1-3,8-11H,4-6H2. The molecule has 2 heterocycles. The number of aliphatic hydroxyl groups is 1. The van der Waals surface area contributed by atoms with E-state index in [1.54, 1.807) is 18.0 Å².